The number of imidazole rings is 1. The highest BCUT2D eigenvalue weighted by atomic mass is 16.1. The third-order valence-corrected chi connectivity index (χ3v) is 3.99. The Labute approximate surface area is 124 Å². The summed E-state index contributed by atoms with van der Waals surface area (Å²) in [7, 11) is 0. The lowest BCUT2D eigenvalue weighted by Gasteiger charge is -2.30. The number of nitrogens with zero attached hydrogens (tertiary/aromatic N) is 2. The molecule has 0 bridgehead atoms. The minimum absolute atomic E-state index is 0.0162. The van der Waals surface area contributed by atoms with E-state index in [-0.39, 0.29) is 11.9 Å². The molecule has 0 saturated carbocycles. The predicted molar refractivity (Wildman–Crippen MR) is 81.5 cm³/mol. The van der Waals surface area contributed by atoms with Crippen LogP contribution < -0.4 is 10.6 Å². The van der Waals surface area contributed by atoms with Crippen molar-refractivity contribution in [2.75, 3.05) is 6.54 Å². The highest BCUT2D eigenvalue weighted by Crippen LogP contribution is 2.13. The largest absolute Gasteiger partial charge is 0.348 e. The van der Waals surface area contributed by atoms with E-state index in [1.165, 1.54) is 0 Å². The molecule has 5 nitrogen and oxygen atoms in total. The fourth-order valence-electron chi connectivity index (χ4n) is 2.71. The summed E-state index contributed by atoms with van der Waals surface area (Å²) in [6.07, 6.45) is 7.45. The van der Waals surface area contributed by atoms with Crippen molar-refractivity contribution >= 4 is 5.91 Å². The molecule has 1 aliphatic rings. The van der Waals surface area contributed by atoms with Crippen molar-refractivity contribution in [3.05, 3.63) is 48.5 Å². The van der Waals surface area contributed by atoms with Crippen LogP contribution in [0.4, 0.5) is 0 Å². The van der Waals surface area contributed by atoms with Crippen molar-refractivity contribution < 1.29 is 4.79 Å². The first kappa shape index (κ1) is 13.8. The Kier molecular flexibility index (Phi) is 4.01. The van der Waals surface area contributed by atoms with Crippen molar-refractivity contribution in [2.45, 2.75) is 31.8 Å². The number of hydrogen-bond acceptors (Lipinski definition) is 3. The van der Waals surface area contributed by atoms with Gasteiger partial charge in [-0.2, -0.15) is 0 Å². The van der Waals surface area contributed by atoms with E-state index in [2.05, 4.69) is 22.5 Å². The number of hydrogen-bond donors (Lipinski definition) is 2. The van der Waals surface area contributed by atoms with Gasteiger partial charge in [-0.3, -0.25) is 4.79 Å². The zero-order chi connectivity index (χ0) is 14.7. The number of aromatic nitrogens is 2. The molecule has 1 aromatic carbocycles. The first-order chi connectivity index (χ1) is 10.2. The predicted octanol–water partition coefficient (Wildman–Crippen LogP) is 1.74. The van der Waals surface area contributed by atoms with Crippen LogP contribution in [0.3, 0.4) is 0 Å². The summed E-state index contributed by atoms with van der Waals surface area (Å²) in [5, 5.41) is 6.53. The molecule has 110 valence electrons. The van der Waals surface area contributed by atoms with Crippen LogP contribution in [0.1, 0.15) is 30.1 Å². The molecule has 1 amide bonds. The van der Waals surface area contributed by atoms with Gasteiger partial charge in [0.1, 0.15) is 0 Å². The Balaban J connectivity index is 1.74. The van der Waals surface area contributed by atoms with Gasteiger partial charge >= 0.3 is 0 Å². The smallest absolute Gasteiger partial charge is 0.251 e. The molecule has 3 rings (SSSR count). The second-order valence-electron chi connectivity index (χ2n) is 5.49. The Morgan fingerprint density at radius 2 is 2.38 bits per heavy atom. The van der Waals surface area contributed by atoms with E-state index in [1.807, 2.05) is 35.0 Å². The molecule has 5 heteroatoms. The van der Waals surface area contributed by atoms with Crippen LogP contribution >= 0.6 is 0 Å². The molecule has 1 aliphatic heterocycles. The molecule has 0 radical (unpaired) electrons. The number of rotatable bonds is 3. The molecule has 0 aliphatic carbocycles. The third-order valence-electron chi connectivity index (χ3n) is 3.99. The number of benzene rings is 1. The lowest BCUT2D eigenvalue weighted by Crippen LogP contribution is -2.51. The lowest BCUT2D eigenvalue weighted by molar-refractivity contribution is 0.0920. The van der Waals surface area contributed by atoms with Crippen LogP contribution in [0.25, 0.3) is 5.69 Å². The molecule has 0 spiro atoms. The second kappa shape index (κ2) is 6.10. The summed E-state index contributed by atoms with van der Waals surface area (Å²) in [6, 6.07) is 8.10. The van der Waals surface area contributed by atoms with Crippen LogP contribution in [0.5, 0.6) is 0 Å². The second-order valence-corrected chi connectivity index (χ2v) is 5.49. The molecule has 21 heavy (non-hydrogen) atoms. The minimum atomic E-state index is -0.0162. The SMILES string of the molecule is CC1NCCCC1NC(=O)c1cccc(-n2ccnc2)c1. The summed E-state index contributed by atoms with van der Waals surface area (Å²) in [5.41, 5.74) is 1.62. The van der Waals surface area contributed by atoms with E-state index >= 15 is 0 Å². The zero-order valence-electron chi connectivity index (χ0n) is 12.1. The van der Waals surface area contributed by atoms with Crippen LogP contribution in [-0.4, -0.2) is 34.1 Å². The summed E-state index contributed by atoms with van der Waals surface area (Å²) < 4.78 is 1.89. The fraction of sp³-hybridized carbons (Fsp3) is 0.375. The Morgan fingerprint density at radius 1 is 1.48 bits per heavy atom. The van der Waals surface area contributed by atoms with Gasteiger partial charge in [0, 0.05) is 35.7 Å². The van der Waals surface area contributed by atoms with E-state index in [0.29, 0.717) is 11.6 Å². The van der Waals surface area contributed by atoms with E-state index in [4.69, 9.17) is 0 Å². The molecule has 1 fully saturated rings. The van der Waals surface area contributed by atoms with Crippen molar-refractivity contribution in [2.24, 2.45) is 0 Å². The average Bonchev–Trinajstić information content (AvgIpc) is 3.04. The summed E-state index contributed by atoms with van der Waals surface area (Å²) in [4.78, 5) is 16.4. The third kappa shape index (κ3) is 3.13. The number of carbonyl (C=O) groups is 1. The zero-order valence-corrected chi connectivity index (χ0v) is 12.1. The quantitative estimate of drug-likeness (QED) is 0.902. The fourth-order valence-corrected chi connectivity index (χ4v) is 2.71. The first-order valence-corrected chi connectivity index (χ1v) is 7.37. The van der Waals surface area contributed by atoms with Gasteiger partial charge in [-0.1, -0.05) is 6.07 Å². The van der Waals surface area contributed by atoms with E-state index in [9.17, 15) is 4.79 Å². The Morgan fingerprint density at radius 3 is 3.14 bits per heavy atom. The number of amides is 1. The highest BCUT2D eigenvalue weighted by molar-refractivity contribution is 5.95. The Bertz CT molecular complexity index is 608. The maximum Gasteiger partial charge on any atom is 0.251 e. The molecule has 2 unspecified atom stereocenters. The molecule has 2 heterocycles. The maximum absolute atomic E-state index is 12.4. The summed E-state index contributed by atoms with van der Waals surface area (Å²) in [5.74, 6) is -0.0162. The highest BCUT2D eigenvalue weighted by Gasteiger charge is 2.22. The lowest BCUT2D eigenvalue weighted by atomic mass is 9.99. The topological polar surface area (TPSA) is 58.9 Å². The average molecular weight is 284 g/mol. The van der Waals surface area contributed by atoms with E-state index in [0.717, 1.165) is 25.1 Å². The summed E-state index contributed by atoms with van der Waals surface area (Å²) >= 11 is 0. The molecule has 1 saturated heterocycles. The van der Waals surface area contributed by atoms with Crippen molar-refractivity contribution in [3.8, 4) is 5.69 Å². The minimum Gasteiger partial charge on any atom is -0.348 e. The van der Waals surface area contributed by atoms with E-state index < -0.39 is 0 Å². The van der Waals surface area contributed by atoms with Gasteiger partial charge in [0.15, 0.2) is 0 Å². The summed E-state index contributed by atoms with van der Waals surface area (Å²) in [6.45, 7) is 3.15. The van der Waals surface area contributed by atoms with Crippen LogP contribution in [0.15, 0.2) is 43.0 Å². The first-order valence-electron chi connectivity index (χ1n) is 7.37. The van der Waals surface area contributed by atoms with Gasteiger partial charge in [0.2, 0.25) is 0 Å². The molecule has 1 aromatic heterocycles. The van der Waals surface area contributed by atoms with Crippen LogP contribution in [0.2, 0.25) is 0 Å². The molecular formula is C16H20N4O. The monoisotopic (exact) mass is 284 g/mol. The van der Waals surface area contributed by atoms with Gasteiger partial charge in [0.05, 0.1) is 6.33 Å². The Hall–Kier alpha value is -2.14. The number of piperidine rings is 1. The van der Waals surface area contributed by atoms with Gasteiger partial charge < -0.3 is 15.2 Å². The standard InChI is InChI=1S/C16H20N4O/c1-12-15(6-3-7-18-12)19-16(21)13-4-2-5-14(10-13)20-9-8-17-11-20/h2,4-5,8-12,15,18H,3,6-7H2,1H3,(H,19,21). The van der Waals surface area contributed by atoms with Gasteiger partial charge in [0.25, 0.3) is 5.91 Å². The van der Waals surface area contributed by atoms with Crippen molar-refractivity contribution in [1.29, 1.82) is 0 Å². The van der Waals surface area contributed by atoms with Gasteiger partial charge in [-0.15, -0.1) is 0 Å². The van der Waals surface area contributed by atoms with Gasteiger partial charge in [-0.25, -0.2) is 4.98 Å². The van der Waals surface area contributed by atoms with Crippen molar-refractivity contribution in [3.63, 3.8) is 0 Å². The molecule has 2 atom stereocenters. The number of nitrogens with one attached hydrogen (secondary N) is 2. The van der Waals surface area contributed by atoms with Gasteiger partial charge in [-0.05, 0) is 44.5 Å². The normalized spacial score (nSPS) is 22.0. The molecular weight excluding hydrogens is 264 g/mol. The molecule has 2 aromatic rings. The van der Waals surface area contributed by atoms with Crippen LogP contribution in [-0.2, 0) is 0 Å². The number of carbonyl (C=O) groups excluding carboxylic acids is 1. The van der Waals surface area contributed by atoms with Crippen molar-refractivity contribution in [1.82, 2.24) is 20.2 Å². The van der Waals surface area contributed by atoms with Crippen LogP contribution in [0, 0.1) is 0 Å². The molecule has 2 N–H and O–H groups in total. The van der Waals surface area contributed by atoms with E-state index in [1.54, 1.807) is 12.5 Å². The maximum atomic E-state index is 12.4.